The van der Waals surface area contributed by atoms with Gasteiger partial charge < -0.3 is 10.0 Å². The van der Waals surface area contributed by atoms with Gasteiger partial charge in [-0.2, -0.15) is 0 Å². The number of carbonyl (C=O) groups is 1. The van der Waals surface area contributed by atoms with Gasteiger partial charge in [0.15, 0.2) is 0 Å². The van der Waals surface area contributed by atoms with Gasteiger partial charge in [0.25, 0.3) is 0 Å². The highest BCUT2D eigenvalue weighted by Crippen LogP contribution is 2.27. The van der Waals surface area contributed by atoms with Crippen LogP contribution in [0.5, 0.6) is 0 Å². The first-order valence-electron chi connectivity index (χ1n) is 5.20. The molecule has 2 rings (SSSR count). The van der Waals surface area contributed by atoms with Gasteiger partial charge in [-0.15, -0.1) is 0 Å². The summed E-state index contributed by atoms with van der Waals surface area (Å²) in [4.78, 5) is 12.5. The lowest BCUT2D eigenvalue weighted by atomic mass is 9.96. The molecule has 1 aliphatic carbocycles. The second kappa shape index (κ2) is 3.93. The van der Waals surface area contributed by atoms with E-state index in [9.17, 15) is 4.79 Å². The van der Waals surface area contributed by atoms with Crippen molar-refractivity contribution in [1.82, 2.24) is 4.90 Å². The molecule has 1 unspecified atom stereocenters. The smallest absolute Gasteiger partial charge is 0.407 e. The van der Waals surface area contributed by atoms with Crippen molar-refractivity contribution < 1.29 is 9.90 Å². The van der Waals surface area contributed by atoms with Crippen LogP contribution >= 0.6 is 0 Å². The third-order valence-electron chi connectivity index (χ3n) is 2.98. The summed E-state index contributed by atoms with van der Waals surface area (Å²) in [7, 11) is 0. The van der Waals surface area contributed by atoms with Gasteiger partial charge in [0.2, 0.25) is 0 Å². The summed E-state index contributed by atoms with van der Waals surface area (Å²) in [5.41, 5.74) is 2.51. The number of carboxylic acid groups (broad SMARTS) is 1. The largest absolute Gasteiger partial charge is 0.465 e. The SMILES string of the molecule is CC1CN(C(=O)O)CC2=CC=CC=C1C2. The highest BCUT2D eigenvalue weighted by atomic mass is 16.4. The minimum absolute atomic E-state index is 0.315. The fourth-order valence-electron chi connectivity index (χ4n) is 2.10. The molecule has 1 aliphatic heterocycles. The Kier molecular flexibility index (Phi) is 2.62. The van der Waals surface area contributed by atoms with E-state index in [-0.39, 0.29) is 0 Å². The fraction of sp³-hybridized carbons (Fsp3) is 0.417. The highest BCUT2D eigenvalue weighted by Gasteiger charge is 2.24. The van der Waals surface area contributed by atoms with Crippen LogP contribution in [0.3, 0.4) is 0 Å². The van der Waals surface area contributed by atoms with Crippen LogP contribution in [0.25, 0.3) is 0 Å². The molecule has 0 aromatic rings. The number of fused-ring (bicyclic) bond motifs is 2. The number of hydrogen-bond acceptors (Lipinski definition) is 1. The van der Waals surface area contributed by atoms with E-state index in [4.69, 9.17) is 5.11 Å². The maximum atomic E-state index is 11.0. The van der Waals surface area contributed by atoms with Crippen molar-refractivity contribution in [3.63, 3.8) is 0 Å². The Morgan fingerprint density at radius 2 is 2.20 bits per heavy atom. The first-order valence-corrected chi connectivity index (χ1v) is 5.20. The van der Waals surface area contributed by atoms with Crippen molar-refractivity contribution in [3.8, 4) is 0 Å². The van der Waals surface area contributed by atoms with Gasteiger partial charge in [0.05, 0.1) is 0 Å². The molecule has 0 aromatic carbocycles. The maximum Gasteiger partial charge on any atom is 0.407 e. The molecule has 2 bridgehead atoms. The Morgan fingerprint density at radius 3 is 2.93 bits per heavy atom. The predicted molar refractivity (Wildman–Crippen MR) is 58.7 cm³/mol. The molecule has 0 spiro atoms. The van der Waals surface area contributed by atoms with E-state index < -0.39 is 6.09 Å². The summed E-state index contributed by atoms with van der Waals surface area (Å²) in [6.07, 6.45) is 8.25. The van der Waals surface area contributed by atoms with Gasteiger partial charge in [0.1, 0.15) is 0 Å². The molecule has 0 aromatic heterocycles. The van der Waals surface area contributed by atoms with E-state index >= 15 is 0 Å². The van der Waals surface area contributed by atoms with Gasteiger partial charge in [-0.3, -0.25) is 0 Å². The summed E-state index contributed by atoms with van der Waals surface area (Å²) in [5, 5.41) is 9.03. The summed E-state index contributed by atoms with van der Waals surface area (Å²) in [6, 6.07) is 0. The number of amides is 1. The molecule has 80 valence electrons. The maximum absolute atomic E-state index is 11.0. The zero-order valence-corrected chi connectivity index (χ0v) is 8.81. The molecule has 1 saturated heterocycles. The van der Waals surface area contributed by atoms with Crippen molar-refractivity contribution in [3.05, 3.63) is 35.5 Å². The van der Waals surface area contributed by atoms with Gasteiger partial charge in [-0.25, -0.2) is 4.79 Å². The molecule has 1 amide bonds. The summed E-state index contributed by atoms with van der Waals surface area (Å²) >= 11 is 0. The fourth-order valence-corrected chi connectivity index (χ4v) is 2.10. The number of hydrogen-bond donors (Lipinski definition) is 1. The molecular weight excluding hydrogens is 190 g/mol. The quantitative estimate of drug-likeness (QED) is 0.659. The third kappa shape index (κ3) is 2.12. The van der Waals surface area contributed by atoms with Gasteiger partial charge in [-0.05, 0) is 17.9 Å². The normalized spacial score (nSPS) is 25.1. The molecule has 0 radical (unpaired) electrons. The van der Waals surface area contributed by atoms with Crippen LogP contribution in [-0.2, 0) is 0 Å². The molecule has 1 fully saturated rings. The Morgan fingerprint density at radius 1 is 1.47 bits per heavy atom. The Bertz CT molecular complexity index is 366. The monoisotopic (exact) mass is 205 g/mol. The van der Waals surface area contributed by atoms with Crippen molar-refractivity contribution in [2.24, 2.45) is 5.92 Å². The van der Waals surface area contributed by atoms with Crippen molar-refractivity contribution in [1.29, 1.82) is 0 Å². The summed E-state index contributed by atoms with van der Waals surface area (Å²) in [6.45, 7) is 3.23. The summed E-state index contributed by atoms with van der Waals surface area (Å²) < 4.78 is 0. The van der Waals surface area contributed by atoms with Crippen LogP contribution in [0, 0.1) is 5.92 Å². The zero-order chi connectivity index (χ0) is 10.8. The topological polar surface area (TPSA) is 40.5 Å². The number of likely N-dealkylation sites (tertiary alicyclic amines) is 1. The van der Waals surface area contributed by atoms with Crippen LogP contribution in [-0.4, -0.2) is 29.2 Å². The first-order chi connectivity index (χ1) is 7.16. The second-order valence-electron chi connectivity index (χ2n) is 4.19. The van der Waals surface area contributed by atoms with Crippen molar-refractivity contribution in [2.75, 3.05) is 13.1 Å². The van der Waals surface area contributed by atoms with E-state index in [0.717, 1.165) is 6.42 Å². The van der Waals surface area contributed by atoms with Gasteiger partial charge in [0, 0.05) is 13.1 Å². The van der Waals surface area contributed by atoms with E-state index in [1.807, 2.05) is 18.2 Å². The van der Waals surface area contributed by atoms with Crippen LogP contribution < -0.4 is 0 Å². The van der Waals surface area contributed by atoms with Crippen LogP contribution in [0.1, 0.15) is 13.3 Å². The number of allylic oxidation sites excluding steroid dienone is 4. The Balaban J connectivity index is 2.30. The average Bonchev–Trinajstić information content (AvgIpc) is 2.49. The average molecular weight is 205 g/mol. The van der Waals surface area contributed by atoms with Crippen LogP contribution in [0.2, 0.25) is 0 Å². The Hall–Kier alpha value is -1.51. The van der Waals surface area contributed by atoms with E-state index in [1.165, 1.54) is 16.0 Å². The molecule has 1 N–H and O–H groups in total. The van der Waals surface area contributed by atoms with E-state index in [0.29, 0.717) is 19.0 Å². The minimum Gasteiger partial charge on any atom is -0.465 e. The third-order valence-corrected chi connectivity index (χ3v) is 2.98. The highest BCUT2D eigenvalue weighted by molar-refractivity contribution is 5.65. The summed E-state index contributed by atoms with van der Waals surface area (Å²) in [5.74, 6) is 0.315. The van der Waals surface area contributed by atoms with Gasteiger partial charge >= 0.3 is 6.09 Å². The standard InChI is InChI=1S/C12H15NO2/c1-9-7-13(12(14)15)8-10-4-2-3-5-11(9)6-10/h2-5,9H,6-8H2,1H3,(H,14,15). The first kappa shape index (κ1) is 10.0. The van der Waals surface area contributed by atoms with Crippen LogP contribution in [0.15, 0.2) is 35.5 Å². The zero-order valence-electron chi connectivity index (χ0n) is 8.81. The molecule has 3 nitrogen and oxygen atoms in total. The lowest BCUT2D eigenvalue weighted by Gasteiger charge is -2.19. The van der Waals surface area contributed by atoms with Crippen molar-refractivity contribution >= 4 is 6.09 Å². The lowest BCUT2D eigenvalue weighted by Crippen LogP contribution is -2.33. The second-order valence-corrected chi connectivity index (χ2v) is 4.19. The van der Waals surface area contributed by atoms with E-state index in [2.05, 4.69) is 13.0 Å². The number of rotatable bonds is 0. The van der Waals surface area contributed by atoms with Crippen LogP contribution in [0.4, 0.5) is 4.79 Å². The molecule has 1 atom stereocenters. The molecule has 1 heterocycles. The van der Waals surface area contributed by atoms with E-state index in [1.54, 1.807) is 0 Å². The minimum atomic E-state index is -0.821. The van der Waals surface area contributed by atoms with Gasteiger partial charge in [-0.1, -0.05) is 36.8 Å². The lowest BCUT2D eigenvalue weighted by molar-refractivity contribution is 0.146. The Labute approximate surface area is 89.4 Å². The molecule has 0 saturated carbocycles. The molecular formula is C12H15NO2. The molecule has 2 aliphatic rings. The number of nitrogens with zero attached hydrogens (tertiary/aromatic N) is 1. The predicted octanol–water partition coefficient (Wildman–Crippen LogP) is 2.43. The van der Waals surface area contributed by atoms with Crippen molar-refractivity contribution in [2.45, 2.75) is 13.3 Å². The molecule has 3 heteroatoms. The molecule has 15 heavy (non-hydrogen) atoms.